The van der Waals surface area contributed by atoms with Crippen molar-refractivity contribution in [3.05, 3.63) is 35.5 Å². The second-order valence-electron chi connectivity index (χ2n) is 7.75. The maximum absolute atomic E-state index is 11.7. The maximum atomic E-state index is 11.7. The number of hydrogen-bond donors (Lipinski definition) is 2. The number of aromatic amines is 1. The molecule has 0 amide bonds. The predicted molar refractivity (Wildman–Crippen MR) is 87.8 cm³/mol. The van der Waals surface area contributed by atoms with Crippen LogP contribution in [0.5, 0.6) is 0 Å². The van der Waals surface area contributed by atoms with Crippen molar-refractivity contribution in [2.24, 2.45) is 5.41 Å². The molecule has 3 nitrogen and oxygen atoms in total. The van der Waals surface area contributed by atoms with Gasteiger partial charge in [0.1, 0.15) is 5.60 Å². The Bertz CT molecular complexity index is 751. The second-order valence-corrected chi connectivity index (χ2v) is 7.75. The van der Waals surface area contributed by atoms with Crippen LogP contribution in [0, 0.1) is 5.41 Å². The quantitative estimate of drug-likeness (QED) is 0.848. The summed E-state index contributed by atoms with van der Waals surface area (Å²) in [6, 6.07) is 8.83. The molecule has 1 unspecified atom stereocenters. The van der Waals surface area contributed by atoms with Crippen molar-refractivity contribution >= 4 is 10.9 Å². The monoisotopic (exact) mass is 296 g/mol. The smallest absolute Gasteiger partial charge is 0.121 e. The average Bonchev–Trinajstić information content (AvgIpc) is 2.89. The van der Waals surface area contributed by atoms with Gasteiger partial charge in [0.25, 0.3) is 0 Å². The maximum Gasteiger partial charge on any atom is 0.121 e. The molecule has 2 N–H and O–H groups in total. The minimum Gasteiger partial charge on any atom is -0.382 e. The lowest BCUT2D eigenvalue weighted by Crippen LogP contribution is -2.64. The molecule has 2 aromatic rings. The van der Waals surface area contributed by atoms with E-state index in [9.17, 15) is 5.11 Å². The van der Waals surface area contributed by atoms with Crippen molar-refractivity contribution in [2.45, 2.75) is 50.7 Å². The first-order valence-electron chi connectivity index (χ1n) is 8.72. The summed E-state index contributed by atoms with van der Waals surface area (Å²) in [5, 5.41) is 13.1. The zero-order valence-electron chi connectivity index (χ0n) is 13.2. The van der Waals surface area contributed by atoms with Crippen LogP contribution < -0.4 is 0 Å². The topological polar surface area (TPSA) is 39.3 Å². The molecule has 0 radical (unpaired) electrons. The van der Waals surface area contributed by atoms with Gasteiger partial charge in [-0.05, 0) is 49.1 Å². The molecule has 4 atom stereocenters. The Labute approximate surface area is 131 Å². The first kappa shape index (κ1) is 13.1. The van der Waals surface area contributed by atoms with Gasteiger partial charge in [-0.2, -0.15) is 0 Å². The Morgan fingerprint density at radius 1 is 1.36 bits per heavy atom. The highest BCUT2D eigenvalue weighted by molar-refractivity contribution is 5.85. The molecule has 3 heteroatoms. The van der Waals surface area contributed by atoms with Gasteiger partial charge in [0, 0.05) is 30.0 Å². The lowest BCUT2D eigenvalue weighted by molar-refractivity contribution is -0.172. The highest BCUT2D eigenvalue weighted by Gasteiger charge is 2.59. The van der Waals surface area contributed by atoms with Gasteiger partial charge in [0.15, 0.2) is 0 Å². The van der Waals surface area contributed by atoms with E-state index in [1.807, 2.05) is 0 Å². The van der Waals surface area contributed by atoms with Crippen LogP contribution in [-0.4, -0.2) is 34.1 Å². The Balaban J connectivity index is 1.75. The van der Waals surface area contributed by atoms with E-state index in [0.29, 0.717) is 11.5 Å². The minimum atomic E-state index is -0.683. The highest BCUT2D eigenvalue weighted by Crippen LogP contribution is 2.56. The van der Waals surface area contributed by atoms with E-state index in [4.69, 9.17) is 0 Å². The van der Waals surface area contributed by atoms with E-state index < -0.39 is 5.60 Å². The molecule has 22 heavy (non-hydrogen) atoms. The average molecular weight is 296 g/mol. The molecule has 0 spiro atoms. The number of benzene rings is 1. The van der Waals surface area contributed by atoms with Gasteiger partial charge < -0.3 is 10.1 Å². The summed E-state index contributed by atoms with van der Waals surface area (Å²) in [6.45, 7) is 4.57. The van der Waals surface area contributed by atoms with Crippen molar-refractivity contribution < 1.29 is 5.11 Å². The van der Waals surface area contributed by atoms with Crippen LogP contribution in [0.1, 0.15) is 43.9 Å². The van der Waals surface area contributed by atoms with Crippen molar-refractivity contribution in [1.82, 2.24) is 9.88 Å². The van der Waals surface area contributed by atoms with Crippen molar-refractivity contribution in [3.63, 3.8) is 0 Å². The van der Waals surface area contributed by atoms with E-state index >= 15 is 0 Å². The number of nitrogens with one attached hydrogen (secondary N) is 1. The van der Waals surface area contributed by atoms with Crippen molar-refractivity contribution in [3.8, 4) is 0 Å². The largest absolute Gasteiger partial charge is 0.382 e. The van der Waals surface area contributed by atoms with Gasteiger partial charge in [-0.3, -0.25) is 4.90 Å². The van der Waals surface area contributed by atoms with Crippen molar-refractivity contribution in [1.29, 1.82) is 0 Å². The third-order valence-electron chi connectivity index (χ3n) is 6.77. The number of H-pyrrole nitrogens is 1. The van der Waals surface area contributed by atoms with Crippen LogP contribution in [0.15, 0.2) is 24.3 Å². The van der Waals surface area contributed by atoms with Crippen LogP contribution in [0.4, 0.5) is 0 Å². The molecule has 4 aliphatic rings. The van der Waals surface area contributed by atoms with Gasteiger partial charge in [-0.1, -0.05) is 25.1 Å². The standard InChI is InChI=1S/C19H24N2O/c1-2-18-9-7-16-19(22,11-18)17-14(8-10-21(16)12-18)13-5-3-4-6-15(13)20-17/h3-6,16,20,22H,2,7-12H2,1H3/t16-,18+,19-/m0/s1. The fraction of sp³-hybridized carbons (Fsp3) is 0.579. The fourth-order valence-electron chi connectivity index (χ4n) is 5.61. The molecule has 1 aliphatic carbocycles. The van der Waals surface area contributed by atoms with Crippen LogP contribution in [0.25, 0.3) is 10.9 Å². The van der Waals surface area contributed by atoms with Gasteiger partial charge in [-0.25, -0.2) is 0 Å². The number of fused-ring (bicyclic) bond motifs is 4. The summed E-state index contributed by atoms with van der Waals surface area (Å²) in [5.41, 5.74) is 3.29. The minimum absolute atomic E-state index is 0.301. The van der Waals surface area contributed by atoms with Gasteiger partial charge >= 0.3 is 0 Å². The summed E-state index contributed by atoms with van der Waals surface area (Å²) in [5.74, 6) is 0. The molecule has 4 bridgehead atoms. The van der Waals surface area contributed by atoms with E-state index in [2.05, 4.69) is 41.1 Å². The van der Waals surface area contributed by atoms with Gasteiger partial charge in [0.05, 0.1) is 5.69 Å². The lowest BCUT2D eigenvalue weighted by Gasteiger charge is -2.59. The number of aromatic nitrogens is 1. The molecule has 3 aliphatic heterocycles. The van der Waals surface area contributed by atoms with E-state index in [1.54, 1.807) is 0 Å². The molecule has 6 rings (SSSR count). The highest BCUT2D eigenvalue weighted by atomic mass is 16.3. The molecule has 3 fully saturated rings. The summed E-state index contributed by atoms with van der Waals surface area (Å²) in [6.07, 6.45) is 5.57. The fourth-order valence-corrected chi connectivity index (χ4v) is 5.61. The summed E-state index contributed by atoms with van der Waals surface area (Å²) < 4.78 is 0. The molecule has 1 aromatic heterocycles. The van der Waals surface area contributed by atoms with E-state index in [0.717, 1.165) is 31.5 Å². The summed E-state index contributed by atoms with van der Waals surface area (Å²) in [4.78, 5) is 6.18. The molecule has 1 saturated carbocycles. The lowest BCUT2D eigenvalue weighted by atomic mass is 9.59. The Morgan fingerprint density at radius 2 is 2.23 bits per heavy atom. The predicted octanol–water partition coefficient (Wildman–Crippen LogP) is 3.18. The van der Waals surface area contributed by atoms with Crippen LogP contribution in [0.3, 0.4) is 0 Å². The van der Waals surface area contributed by atoms with Crippen LogP contribution in [0.2, 0.25) is 0 Å². The van der Waals surface area contributed by atoms with Crippen LogP contribution >= 0.6 is 0 Å². The molecular formula is C19H24N2O. The number of hydrogen-bond acceptors (Lipinski definition) is 2. The molecular weight excluding hydrogens is 272 g/mol. The zero-order chi connectivity index (χ0) is 14.9. The molecule has 116 valence electrons. The normalized spacial score (nSPS) is 39.7. The van der Waals surface area contributed by atoms with E-state index in [1.165, 1.54) is 35.9 Å². The Hall–Kier alpha value is -1.32. The third kappa shape index (κ3) is 1.49. The van der Waals surface area contributed by atoms with Gasteiger partial charge in [-0.15, -0.1) is 0 Å². The molecule has 1 aromatic carbocycles. The van der Waals surface area contributed by atoms with E-state index in [-0.39, 0.29) is 0 Å². The first-order chi connectivity index (χ1) is 10.7. The first-order valence-corrected chi connectivity index (χ1v) is 8.72. The van der Waals surface area contributed by atoms with Crippen molar-refractivity contribution in [2.75, 3.05) is 13.1 Å². The molecule has 2 saturated heterocycles. The molecule has 4 heterocycles. The van der Waals surface area contributed by atoms with Gasteiger partial charge in [0.2, 0.25) is 0 Å². The summed E-state index contributed by atoms with van der Waals surface area (Å²) in [7, 11) is 0. The van der Waals surface area contributed by atoms with Crippen LogP contribution in [-0.2, 0) is 12.0 Å². The number of rotatable bonds is 1. The summed E-state index contributed by atoms with van der Waals surface area (Å²) >= 11 is 0. The Morgan fingerprint density at radius 3 is 3.09 bits per heavy atom. The zero-order valence-corrected chi connectivity index (χ0v) is 13.2. The number of para-hydroxylation sites is 1. The number of piperidine rings is 2. The number of nitrogens with zero attached hydrogens (tertiary/aromatic N) is 1. The Kier molecular flexibility index (Phi) is 2.48. The third-order valence-corrected chi connectivity index (χ3v) is 6.77. The SMILES string of the molecule is CC[C@@]12CC[C@@H]3N(CCc4c([nH]c5ccccc45)[C@]3(O)C1)C2. The second kappa shape index (κ2) is 4.15. The number of aliphatic hydroxyl groups is 1.